The Morgan fingerprint density at radius 3 is 1.40 bits per heavy atom. The zero-order chi connectivity index (χ0) is 41.9. The molecule has 0 aliphatic heterocycles. The van der Waals surface area contributed by atoms with Crippen molar-refractivity contribution in [1.82, 2.24) is 0 Å². The average molecular weight is 829 g/mol. The molecule has 0 saturated carbocycles. The maximum absolute atomic E-state index is 12.6. The van der Waals surface area contributed by atoms with Crippen LogP contribution in [0, 0.1) is 0 Å². The standard InChI is InChI=1S/C46H85O10P/c1-3-5-7-9-11-13-15-17-19-20-21-22-24-25-27-29-31-33-35-37-45(49)53-41-44(42-55-57(51,52)54-40-43(48)39-47)56-46(50)38-36-34-32-30-28-26-23-18-16-14-12-10-8-6-4-2/h12,14,17-19,23,43-44,47-48H,3-11,13,15-16,20-22,24-42H2,1-2H3,(H,51,52)/b14-12-,19-17-,23-18-. The number of allylic oxidation sites excluding steroid dienone is 6. The van der Waals surface area contributed by atoms with Crippen LogP contribution >= 0.6 is 7.82 Å². The van der Waals surface area contributed by atoms with Crippen LogP contribution in [0.15, 0.2) is 36.5 Å². The summed E-state index contributed by atoms with van der Waals surface area (Å²) in [6.45, 7) is 2.35. The number of hydrogen-bond acceptors (Lipinski definition) is 9. The second-order valence-electron chi connectivity index (χ2n) is 15.4. The van der Waals surface area contributed by atoms with Gasteiger partial charge < -0.3 is 24.6 Å². The molecule has 0 spiro atoms. The molecule has 0 saturated heterocycles. The minimum Gasteiger partial charge on any atom is -0.462 e. The van der Waals surface area contributed by atoms with Gasteiger partial charge in [-0.15, -0.1) is 0 Å². The van der Waals surface area contributed by atoms with Crippen LogP contribution in [-0.4, -0.2) is 65.7 Å². The van der Waals surface area contributed by atoms with E-state index >= 15 is 0 Å². The van der Waals surface area contributed by atoms with E-state index in [1.807, 2.05) is 0 Å². The predicted molar refractivity (Wildman–Crippen MR) is 233 cm³/mol. The number of ether oxygens (including phenoxy) is 2. The minimum atomic E-state index is -4.62. The van der Waals surface area contributed by atoms with Crippen molar-refractivity contribution >= 4 is 19.8 Å². The summed E-state index contributed by atoms with van der Waals surface area (Å²) in [6.07, 6.45) is 43.9. The second-order valence-corrected chi connectivity index (χ2v) is 16.9. The molecule has 0 heterocycles. The molecule has 3 atom stereocenters. The lowest BCUT2D eigenvalue weighted by atomic mass is 10.1. The fraction of sp³-hybridized carbons (Fsp3) is 0.826. The second kappa shape index (κ2) is 42.3. The van der Waals surface area contributed by atoms with Gasteiger partial charge in [0.15, 0.2) is 6.10 Å². The maximum Gasteiger partial charge on any atom is 0.472 e. The molecule has 0 aromatic carbocycles. The summed E-state index contributed by atoms with van der Waals surface area (Å²) in [5.74, 6) is -0.939. The number of carbonyl (C=O) groups excluding carboxylic acids is 2. The van der Waals surface area contributed by atoms with Crippen LogP contribution in [0.2, 0.25) is 0 Å². The predicted octanol–water partition coefficient (Wildman–Crippen LogP) is 12.3. The van der Waals surface area contributed by atoms with Gasteiger partial charge in [-0.3, -0.25) is 18.6 Å². The SMILES string of the molecule is CCCCC/C=C\C/C=C\CCCCCCCC(=O)OC(COC(=O)CCCCCCCCCCC/C=C\CCCCCCCC)COP(=O)(O)OCC(O)CO. The van der Waals surface area contributed by atoms with E-state index in [-0.39, 0.29) is 19.4 Å². The quantitative estimate of drug-likeness (QED) is 0.0235. The minimum absolute atomic E-state index is 0.168. The number of phosphoric acid groups is 1. The van der Waals surface area contributed by atoms with Gasteiger partial charge in [0.1, 0.15) is 12.7 Å². The smallest absolute Gasteiger partial charge is 0.462 e. The van der Waals surface area contributed by atoms with Gasteiger partial charge in [0.25, 0.3) is 0 Å². The lowest BCUT2D eigenvalue weighted by Crippen LogP contribution is -2.29. The van der Waals surface area contributed by atoms with Crippen molar-refractivity contribution in [2.24, 2.45) is 0 Å². The van der Waals surface area contributed by atoms with Crippen LogP contribution < -0.4 is 0 Å². The molecule has 0 fully saturated rings. The molecular weight excluding hydrogens is 743 g/mol. The Morgan fingerprint density at radius 2 is 0.912 bits per heavy atom. The molecule has 11 heteroatoms. The summed E-state index contributed by atoms with van der Waals surface area (Å²) in [4.78, 5) is 35.0. The normalized spacial score (nSPS) is 14.1. The summed E-state index contributed by atoms with van der Waals surface area (Å²) >= 11 is 0. The Balaban J connectivity index is 4.26. The highest BCUT2D eigenvalue weighted by molar-refractivity contribution is 7.47. The molecule has 334 valence electrons. The van der Waals surface area contributed by atoms with E-state index < -0.39 is 51.8 Å². The number of phosphoric ester groups is 1. The van der Waals surface area contributed by atoms with E-state index in [1.165, 1.54) is 103 Å². The highest BCUT2D eigenvalue weighted by Gasteiger charge is 2.27. The molecular formula is C46H85O10P. The van der Waals surface area contributed by atoms with Crippen molar-refractivity contribution in [2.45, 2.75) is 219 Å². The molecule has 0 aliphatic rings. The first kappa shape index (κ1) is 55.2. The van der Waals surface area contributed by atoms with E-state index in [0.29, 0.717) is 12.8 Å². The third-order valence-corrected chi connectivity index (χ3v) is 10.7. The van der Waals surface area contributed by atoms with E-state index in [9.17, 15) is 24.2 Å². The fourth-order valence-corrected chi connectivity index (χ4v) is 6.98. The van der Waals surface area contributed by atoms with Gasteiger partial charge in [-0.25, -0.2) is 4.57 Å². The van der Waals surface area contributed by atoms with Crippen LogP contribution in [0.1, 0.15) is 206 Å². The number of unbranched alkanes of at least 4 members (excludes halogenated alkanes) is 23. The zero-order valence-electron chi connectivity index (χ0n) is 36.3. The first-order valence-corrected chi connectivity index (χ1v) is 24.4. The number of carbonyl (C=O) groups is 2. The highest BCUT2D eigenvalue weighted by atomic mass is 31.2. The number of rotatable bonds is 43. The molecule has 0 radical (unpaired) electrons. The van der Waals surface area contributed by atoms with E-state index in [0.717, 1.165) is 64.2 Å². The van der Waals surface area contributed by atoms with Crippen molar-refractivity contribution < 1.29 is 47.8 Å². The van der Waals surface area contributed by atoms with Crippen LogP contribution in [0.4, 0.5) is 0 Å². The molecule has 3 unspecified atom stereocenters. The topological polar surface area (TPSA) is 149 Å². The fourth-order valence-electron chi connectivity index (χ4n) is 6.19. The first-order valence-electron chi connectivity index (χ1n) is 22.9. The lowest BCUT2D eigenvalue weighted by Gasteiger charge is -2.20. The van der Waals surface area contributed by atoms with Crippen molar-refractivity contribution in [3.8, 4) is 0 Å². The molecule has 0 aromatic heterocycles. The number of hydrogen-bond donors (Lipinski definition) is 3. The molecule has 0 amide bonds. The molecule has 0 aromatic rings. The van der Waals surface area contributed by atoms with Gasteiger partial charge in [0.2, 0.25) is 0 Å². The van der Waals surface area contributed by atoms with Crippen LogP contribution in [0.25, 0.3) is 0 Å². The van der Waals surface area contributed by atoms with Gasteiger partial charge in [-0.05, 0) is 70.6 Å². The van der Waals surface area contributed by atoms with Crippen molar-refractivity contribution in [3.63, 3.8) is 0 Å². The molecule has 10 nitrogen and oxygen atoms in total. The summed E-state index contributed by atoms with van der Waals surface area (Å²) in [5, 5.41) is 18.3. The highest BCUT2D eigenvalue weighted by Crippen LogP contribution is 2.43. The van der Waals surface area contributed by atoms with Crippen molar-refractivity contribution in [2.75, 3.05) is 26.4 Å². The molecule has 0 aliphatic carbocycles. The van der Waals surface area contributed by atoms with E-state index in [4.69, 9.17) is 23.6 Å². The molecule has 0 rings (SSSR count). The summed E-state index contributed by atoms with van der Waals surface area (Å²) in [7, 11) is -4.62. The Hall–Kier alpha value is -1.81. The van der Waals surface area contributed by atoms with Crippen LogP contribution in [0.5, 0.6) is 0 Å². The third kappa shape index (κ3) is 42.1. The van der Waals surface area contributed by atoms with Crippen molar-refractivity contribution in [1.29, 1.82) is 0 Å². The Morgan fingerprint density at radius 1 is 0.526 bits per heavy atom. The lowest BCUT2D eigenvalue weighted by molar-refractivity contribution is -0.161. The van der Waals surface area contributed by atoms with Gasteiger partial charge >= 0.3 is 19.8 Å². The van der Waals surface area contributed by atoms with Gasteiger partial charge in [-0.1, -0.05) is 159 Å². The molecule has 0 bridgehead atoms. The number of aliphatic hydroxyl groups excluding tert-OH is 2. The Labute approximate surface area is 348 Å². The Bertz CT molecular complexity index is 1050. The van der Waals surface area contributed by atoms with E-state index in [1.54, 1.807) is 0 Å². The summed E-state index contributed by atoms with van der Waals surface area (Å²) in [5.41, 5.74) is 0. The number of esters is 2. The summed E-state index contributed by atoms with van der Waals surface area (Å²) < 4.78 is 32.7. The van der Waals surface area contributed by atoms with Gasteiger partial charge in [0.05, 0.1) is 19.8 Å². The van der Waals surface area contributed by atoms with Crippen molar-refractivity contribution in [3.05, 3.63) is 36.5 Å². The largest absolute Gasteiger partial charge is 0.472 e. The maximum atomic E-state index is 12.6. The van der Waals surface area contributed by atoms with Gasteiger partial charge in [0, 0.05) is 12.8 Å². The molecule has 3 N–H and O–H groups in total. The summed E-state index contributed by atoms with van der Waals surface area (Å²) in [6, 6.07) is 0. The average Bonchev–Trinajstić information content (AvgIpc) is 3.20. The third-order valence-electron chi connectivity index (χ3n) is 9.77. The van der Waals surface area contributed by atoms with Crippen LogP contribution in [0.3, 0.4) is 0 Å². The van der Waals surface area contributed by atoms with Gasteiger partial charge in [-0.2, -0.15) is 0 Å². The van der Waals surface area contributed by atoms with Crippen LogP contribution in [-0.2, 0) is 32.7 Å². The zero-order valence-corrected chi connectivity index (χ0v) is 37.2. The monoisotopic (exact) mass is 829 g/mol. The number of aliphatic hydroxyl groups is 2. The Kier molecular flexibility index (Phi) is 41.0. The van der Waals surface area contributed by atoms with E-state index in [2.05, 4.69) is 50.3 Å². The molecule has 57 heavy (non-hydrogen) atoms. The first-order chi connectivity index (χ1) is 27.7.